The quantitative estimate of drug-likeness (QED) is 0.147. The van der Waals surface area contributed by atoms with Crippen molar-refractivity contribution in [2.75, 3.05) is 0 Å². The van der Waals surface area contributed by atoms with Gasteiger partial charge in [0.05, 0.1) is 5.56 Å². The van der Waals surface area contributed by atoms with Gasteiger partial charge in [0.2, 0.25) is 0 Å². The molecule has 0 fully saturated rings. The van der Waals surface area contributed by atoms with E-state index in [-0.39, 0.29) is 28.8 Å². The molecule has 1 nitrogen and oxygen atoms in total. The molecule has 0 unspecified atom stereocenters. The number of hydrogen-bond donors (Lipinski definition) is 0. The number of alkyl halides is 2. The van der Waals surface area contributed by atoms with Crippen molar-refractivity contribution in [3.8, 4) is 28.7 Å². The highest BCUT2D eigenvalue weighted by Crippen LogP contribution is 2.36. The zero-order valence-electron chi connectivity index (χ0n) is 20.3. The van der Waals surface area contributed by atoms with E-state index in [1.807, 2.05) is 31.2 Å². The molecule has 0 heterocycles. The molecule has 0 atom stereocenters. The van der Waals surface area contributed by atoms with Crippen molar-refractivity contribution in [1.29, 1.82) is 0 Å². The molecule has 0 aromatic heterocycles. The van der Waals surface area contributed by atoms with Crippen molar-refractivity contribution in [3.05, 3.63) is 123 Å². The Morgan fingerprint density at radius 1 is 0.632 bits per heavy atom. The Bertz CT molecular complexity index is 1530. The number of ether oxygens (including phenoxy) is 1. The van der Waals surface area contributed by atoms with E-state index < -0.39 is 46.5 Å². The number of aryl methyl sites for hydroxylation is 3. The van der Waals surface area contributed by atoms with Gasteiger partial charge in [0.25, 0.3) is 0 Å². The van der Waals surface area contributed by atoms with Gasteiger partial charge in [-0.1, -0.05) is 41.7 Å². The van der Waals surface area contributed by atoms with Gasteiger partial charge in [-0.15, -0.1) is 0 Å². The summed E-state index contributed by atoms with van der Waals surface area (Å²) in [6.07, 6.45) is -4.36. The van der Waals surface area contributed by atoms with Gasteiger partial charge in [-0.25, -0.2) is 22.0 Å². The second kappa shape index (κ2) is 10.3. The number of rotatable bonds is 4. The molecule has 0 N–H and O–H groups in total. The van der Waals surface area contributed by atoms with E-state index in [9.17, 15) is 30.7 Å². The number of hydrogen-bond acceptors (Lipinski definition) is 1. The Morgan fingerprint density at radius 2 is 1.26 bits per heavy atom. The van der Waals surface area contributed by atoms with Gasteiger partial charge in [0, 0.05) is 17.7 Å². The van der Waals surface area contributed by atoms with E-state index in [0.717, 1.165) is 24.1 Å². The SMILES string of the molecule is Cc1ccc(-c2cc(C)c(C#Cc3cc(C)c(C(F)(F)Oc4cc(F)c(F)c(F)c4)c(F)c3)c(F)c2)cc1. The first-order valence-electron chi connectivity index (χ1n) is 11.3. The minimum atomic E-state index is -4.36. The van der Waals surface area contributed by atoms with Crippen molar-refractivity contribution in [1.82, 2.24) is 0 Å². The summed E-state index contributed by atoms with van der Waals surface area (Å²) in [6.45, 7) is 4.76. The molecular weight excluding hydrogens is 509 g/mol. The molecule has 0 saturated carbocycles. The van der Waals surface area contributed by atoms with Crippen LogP contribution >= 0.6 is 0 Å². The number of halogens is 7. The molecule has 38 heavy (non-hydrogen) atoms. The van der Waals surface area contributed by atoms with Gasteiger partial charge >= 0.3 is 6.11 Å². The molecule has 4 aromatic rings. The van der Waals surface area contributed by atoms with Crippen LogP contribution in [0.1, 0.15) is 33.4 Å². The maximum atomic E-state index is 14.9. The summed E-state index contributed by atoms with van der Waals surface area (Å²) in [5, 5.41) is 0. The monoisotopic (exact) mass is 528 g/mol. The Balaban J connectivity index is 1.63. The Morgan fingerprint density at radius 3 is 1.84 bits per heavy atom. The van der Waals surface area contributed by atoms with Crippen LogP contribution in [0.4, 0.5) is 30.7 Å². The minimum absolute atomic E-state index is 0.0140. The fraction of sp³-hybridized carbons (Fsp3) is 0.133. The number of benzene rings is 4. The molecule has 0 saturated heterocycles. The molecule has 0 aliphatic rings. The zero-order chi connectivity index (χ0) is 27.8. The van der Waals surface area contributed by atoms with Crippen LogP contribution < -0.4 is 4.74 Å². The largest absolute Gasteiger partial charge is 0.429 e. The van der Waals surface area contributed by atoms with Crippen molar-refractivity contribution in [2.24, 2.45) is 0 Å². The Labute approximate surface area is 214 Å². The topological polar surface area (TPSA) is 9.23 Å². The molecular formula is C30H19F7O. The van der Waals surface area contributed by atoms with Crippen LogP contribution in [-0.4, -0.2) is 0 Å². The molecule has 0 amide bonds. The van der Waals surface area contributed by atoms with E-state index >= 15 is 0 Å². The molecule has 0 aliphatic carbocycles. The maximum absolute atomic E-state index is 14.9. The zero-order valence-corrected chi connectivity index (χ0v) is 20.3. The predicted molar refractivity (Wildman–Crippen MR) is 129 cm³/mol. The predicted octanol–water partition coefficient (Wildman–Crippen LogP) is 8.50. The molecule has 0 radical (unpaired) electrons. The van der Waals surface area contributed by atoms with Gasteiger partial charge in [0.1, 0.15) is 22.9 Å². The third-order valence-electron chi connectivity index (χ3n) is 5.79. The Hall–Kier alpha value is -4.25. The highest BCUT2D eigenvalue weighted by molar-refractivity contribution is 5.67. The molecule has 4 aromatic carbocycles. The van der Waals surface area contributed by atoms with Crippen molar-refractivity contribution >= 4 is 0 Å². The minimum Gasteiger partial charge on any atom is -0.429 e. The second-order valence-corrected chi connectivity index (χ2v) is 8.74. The summed E-state index contributed by atoms with van der Waals surface area (Å²) in [5.74, 6) is -3.17. The van der Waals surface area contributed by atoms with E-state index in [1.54, 1.807) is 13.0 Å². The summed E-state index contributed by atoms with van der Waals surface area (Å²) >= 11 is 0. The average molecular weight is 528 g/mol. The van der Waals surface area contributed by atoms with Crippen molar-refractivity contribution < 1.29 is 35.5 Å². The van der Waals surface area contributed by atoms with Crippen LogP contribution in [0.25, 0.3) is 11.1 Å². The molecule has 0 aliphatic heterocycles. The van der Waals surface area contributed by atoms with E-state index in [4.69, 9.17) is 0 Å². The van der Waals surface area contributed by atoms with Gasteiger partial charge in [-0.2, -0.15) is 8.78 Å². The lowest BCUT2D eigenvalue weighted by Gasteiger charge is -2.21. The summed E-state index contributed by atoms with van der Waals surface area (Å²) in [5.41, 5.74) is 1.63. The Kier molecular flexibility index (Phi) is 7.23. The highest BCUT2D eigenvalue weighted by atomic mass is 19.3. The molecule has 194 valence electrons. The van der Waals surface area contributed by atoms with Crippen LogP contribution in [0, 0.1) is 61.7 Å². The van der Waals surface area contributed by atoms with Crippen LogP contribution in [0.15, 0.2) is 60.7 Å². The summed E-state index contributed by atoms with van der Waals surface area (Å²) in [6, 6.07) is 12.9. The maximum Gasteiger partial charge on any atom is 0.429 e. The van der Waals surface area contributed by atoms with E-state index in [1.165, 1.54) is 6.07 Å². The standard InChI is InChI=1S/C30H19F7O/c1-16-4-7-20(8-5-16)21-11-17(2)23(24(31)13-21)9-6-19-10-18(3)28(25(32)12-19)30(36,37)38-22-14-26(33)29(35)27(34)15-22/h4-5,7-8,10-15H,1-3H3. The van der Waals surface area contributed by atoms with Crippen LogP contribution in [0.3, 0.4) is 0 Å². The molecule has 0 bridgehead atoms. The molecule has 8 heteroatoms. The average Bonchev–Trinajstić information content (AvgIpc) is 2.81. The van der Waals surface area contributed by atoms with Gasteiger partial charge < -0.3 is 4.74 Å². The van der Waals surface area contributed by atoms with Crippen molar-refractivity contribution in [2.45, 2.75) is 26.9 Å². The smallest absolute Gasteiger partial charge is 0.429 e. The van der Waals surface area contributed by atoms with E-state index in [0.29, 0.717) is 17.2 Å². The normalized spacial score (nSPS) is 11.2. The van der Waals surface area contributed by atoms with E-state index in [2.05, 4.69) is 16.6 Å². The summed E-state index contributed by atoms with van der Waals surface area (Å²) < 4.78 is 103. The van der Waals surface area contributed by atoms with Gasteiger partial charge in [-0.05, 0) is 67.3 Å². The fourth-order valence-electron chi connectivity index (χ4n) is 3.92. The first-order chi connectivity index (χ1) is 17.9. The third-order valence-corrected chi connectivity index (χ3v) is 5.79. The van der Waals surface area contributed by atoms with Crippen LogP contribution in [0.5, 0.6) is 5.75 Å². The van der Waals surface area contributed by atoms with Crippen molar-refractivity contribution in [3.63, 3.8) is 0 Å². The summed E-state index contributed by atoms with van der Waals surface area (Å²) in [4.78, 5) is 0. The van der Waals surface area contributed by atoms with Crippen LogP contribution in [-0.2, 0) is 6.11 Å². The lowest BCUT2D eigenvalue weighted by atomic mass is 9.98. The third kappa shape index (κ3) is 5.52. The first kappa shape index (κ1) is 26.8. The lowest BCUT2D eigenvalue weighted by molar-refractivity contribution is -0.188. The van der Waals surface area contributed by atoms with Gasteiger partial charge in [0.15, 0.2) is 17.5 Å². The first-order valence-corrected chi connectivity index (χ1v) is 11.3. The van der Waals surface area contributed by atoms with Gasteiger partial charge in [-0.3, -0.25) is 0 Å². The summed E-state index contributed by atoms with van der Waals surface area (Å²) in [7, 11) is 0. The molecule has 4 rings (SSSR count). The van der Waals surface area contributed by atoms with Crippen LogP contribution in [0.2, 0.25) is 0 Å². The highest BCUT2D eigenvalue weighted by Gasteiger charge is 2.40. The molecule has 0 spiro atoms. The second-order valence-electron chi connectivity index (χ2n) is 8.74. The fourth-order valence-corrected chi connectivity index (χ4v) is 3.92. The lowest BCUT2D eigenvalue weighted by Crippen LogP contribution is -2.25.